The van der Waals surface area contributed by atoms with E-state index in [1.54, 1.807) is 6.07 Å². The van der Waals surface area contributed by atoms with Crippen molar-refractivity contribution in [3.8, 4) is 5.75 Å². The Hall–Kier alpha value is -2.44. The second-order valence-corrected chi connectivity index (χ2v) is 11.8. The molecular formula is C27H32FNO5. The lowest BCUT2D eigenvalue weighted by atomic mass is 9.50. The molecule has 6 nitrogen and oxygen atoms in total. The molecule has 2 atom stereocenters. The molecule has 182 valence electrons. The third kappa shape index (κ3) is 3.62. The Balaban J connectivity index is 1.25. The van der Waals surface area contributed by atoms with Crippen LogP contribution < -0.4 is 4.74 Å². The number of carboxylic acid groups (broad SMARTS) is 1. The van der Waals surface area contributed by atoms with Gasteiger partial charge in [0.15, 0.2) is 5.78 Å². The summed E-state index contributed by atoms with van der Waals surface area (Å²) >= 11 is 0. The number of hydrogen-bond acceptors (Lipinski definition) is 4. The van der Waals surface area contributed by atoms with E-state index >= 15 is 4.39 Å². The minimum Gasteiger partial charge on any atom is -0.493 e. The van der Waals surface area contributed by atoms with Gasteiger partial charge in [-0.2, -0.15) is 0 Å². The van der Waals surface area contributed by atoms with Crippen molar-refractivity contribution in [1.82, 2.24) is 4.90 Å². The zero-order chi connectivity index (χ0) is 23.8. The topological polar surface area (TPSA) is 83.9 Å². The molecule has 1 saturated heterocycles. The van der Waals surface area contributed by atoms with Gasteiger partial charge in [0.1, 0.15) is 17.6 Å². The summed E-state index contributed by atoms with van der Waals surface area (Å²) in [6, 6.07) is 1.60. The molecule has 4 bridgehead atoms. The summed E-state index contributed by atoms with van der Waals surface area (Å²) in [6.45, 7) is 1.80. The van der Waals surface area contributed by atoms with Crippen LogP contribution in [-0.2, 0) is 9.59 Å². The van der Waals surface area contributed by atoms with Crippen molar-refractivity contribution in [3.05, 3.63) is 29.1 Å². The molecule has 6 fully saturated rings. The molecule has 1 unspecified atom stereocenters. The second-order valence-electron chi connectivity index (χ2n) is 11.8. The van der Waals surface area contributed by atoms with Crippen LogP contribution in [0.5, 0.6) is 5.75 Å². The van der Waals surface area contributed by atoms with Crippen LogP contribution in [0.1, 0.15) is 80.1 Å². The van der Waals surface area contributed by atoms with Crippen LogP contribution in [0.25, 0.3) is 0 Å². The number of aliphatic carboxylic acids is 1. The number of likely N-dealkylation sites (tertiary alicyclic amines) is 1. The Morgan fingerprint density at radius 2 is 1.74 bits per heavy atom. The molecule has 0 spiro atoms. The number of carbonyl (C=O) groups excluding carboxylic acids is 2. The average molecular weight is 470 g/mol. The molecule has 7 heteroatoms. The molecule has 1 amide bonds. The highest BCUT2D eigenvalue weighted by molar-refractivity contribution is 6.04. The Kier molecular flexibility index (Phi) is 5.05. The average Bonchev–Trinajstić information content (AvgIpc) is 3.56. The van der Waals surface area contributed by atoms with Gasteiger partial charge in [0.2, 0.25) is 0 Å². The monoisotopic (exact) mass is 469 g/mol. The summed E-state index contributed by atoms with van der Waals surface area (Å²) in [6.07, 6.45) is 9.60. The molecule has 7 rings (SSSR count). The van der Waals surface area contributed by atoms with Gasteiger partial charge < -0.3 is 14.7 Å². The third-order valence-electron chi connectivity index (χ3n) is 9.20. The first-order chi connectivity index (χ1) is 16.2. The molecule has 0 aromatic heterocycles. The van der Waals surface area contributed by atoms with Gasteiger partial charge in [-0.25, -0.2) is 9.18 Å². The molecule has 1 aliphatic heterocycles. The lowest BCUT2D eigenvalue weighted by molar-refractivity contribution is -0.143. The molecular weight excluding hydrogens is 437 g/mol. The van der Waals surface area contributed by atoms with Gasteiger partial charge in [-0.3, -0.25) is 9.59 Å². The van der Waals surface area contributed by atoms with Crippen LogP contribution in [0.15, 0.2) is 12.1 Å². The fraction of sp³-hybridized carbons (Fsp3) is 0.667. The zero-order valence-electron chi connectivity index (χ0n) is 19.6. The largest absolute Gasteiger partial charge is 0.493 e. The smallest absolute Gasteiger partial charge is 0.327 e. The standard InChI is InChI=1S/C27H32FNO5/c1-14-22(30)12-29(24(14)26(32)33)25(31)20-7-19(18-2-3-18)23(8-21(20)28)34-13-27-9-15-4-16(10-27)6-17(5-15)11-27/h7-8,14-18,24H,2-6,9-13H2,1H3,(H,32,33)/t14?,15?,16?,17?,24-,27?/m0/s1. The van der Waals surface area contributed by atoms with Gasteiger partial charge in [0.05, 0.1) is 18.7 Å². The van der Waals surface area contributed by atoms with Gasteiger partial charge >= 0.3 is 5.97 Å². The molecule has 1 aromatic rings. The lowest BCUT2D eigenvalue weighted by Gasteiger charge is -2.56. The van der Waals surface area contributed by atoms with Crippen molar-refractivity contribution >= 4 is 17.7 Å². The summed E-state index contributed by atoms with van der Waals surface area (Å²) in [5, 5.41) is 9.56. The number of nitrogens with zero attached hydrogens (tertiary/aromatic N) is 1. The number of Topliss-reactive ketones (excluding diaryl/α,β-unsaturated/α-hetero) is 1. The van der Waals surface area contributed by atoms with E-state index in [-0.39, 0.29) is 29.2 Å². The number of hydrogen-bond donors (Lipinski definition) is 1. The van der Waals surface area contributed by atoms with E-state index in [1.807, 2.05) is 0 Å². The number of ketones is 1. The molecule has 1 N–H and O–H groups in total. The molecule has 0 radical (unpaired) electrons. The summed E-state index contributed by atoms with van der Waals surface area (Å²) in [7, 11) is 0. The fourth-order valence-electron chi connectivity index (χ4n) is 7.83. The van der Waals surface area contributed by atoms with Crippen molar-refractivity contribution in [2.45, 2.75) is 70.3 Å². The Labute approximate surface area is 198 Å². The quantitative estimate of drug-likeness (QED) is 0.667. The number of halogens is 1. The molecule has 34 heavy (non-hydrogen) atoms. The van der Waals surface area contributed by atoms with Crippen molar-refractivity contribution in [2.75, 3.05) is 13.2 Å². The fourth-order valence-corrected chi connectivity index (χ4v) is 7.83. The van der Waals surface area contributed by atoms with E-state index in [0.29, 0.717) is 12.4 Å². The number of ether oxygens (including phenoxy) is 1. The first kappa shape index (κ1) is 22.1. The maximum atomic E-state index is 15.3. The molecule has 1 heterocycles. The summed E-state index contributed by atoms with van der Waals surface area (Å²) < 4.78 is 21.6. The van der Waals surface area contributed by atoms with Crippen LogP contribution in [-0.4, -0.2) is 46.9 Å². The van der Waals surface area contributed by atoms with Crippen LogP contribution in [0.4, 0.5) is 4.39 Å². The molecule has 6 aliphatic rings. The van der Waals surface area contributed by atoms with Gasteiger partial charge in [-0.15, -0.1) is 0 Å². The predicted molar refractivity (Wildman–Crippen MR) is 121 cm³/mol. The van der Waals surface area contributed by atoms with Crippen molar-refractivity contribution in [3.63, 3.8) is 0 Å². The van der Waals surface area contributed by atoms with Crippen LogP contribution in [0, 0.1) is 34.9 Å². The first-order valence-electron chi connectivity index (χ1n) is 12.8. The molecule has 5 saturated carbocycles. The zero-order valence-corrected chi connectivity index (χ0v) is 19.6. The number of carboxylic acids is 1. The molecule has 5 aliphatic carbocycles. The van der Waals surface area contributed by atoms with E-state index in [9.17, 15) is 19.5 Å². The molecule has 1 aromatic carbocycles. The first-order valence-corrected chi connectivity index (χ1v) is 12.8. The highest BCUT2D eigenvalue weighted by Crippen LogP contribution is 2.60. The highest BCUT2D eigenvalue weighted by atomic mass is 19.1. The number of amides is 1. The maximum Gasteiger partial charge on any atom is 0.327 e. The van der Waals surface area contributed by atoms with Gasteiger partial charge in [-0.1, -0.05) is 6.92 Å². The van der Waals surface area contributed by atoms with E-state index < -0.39 is 29.7 Å². The maximum absolute atomic E-state index is 15.3. The van der Waals surface area contributed by atoms with Gasteiger partial charge in [0.25, 0.3) is 5.91 Å². The van der Waals surface area contributed by atoms with Crippen molar-refractivity contribution < 1.29 is 28.6 Å². The van der Waals surface area contributed by atoms with E-state index in [1.165, 1.54) is 51.5 Å². The van der Waals surface area contributed by atoms with Gasteiger partial charge in [-0.05, 0) is 86.7 Å². The number of carbonyl (C=O) groups is 3. The normalized spacial score (nSPS) is 36.2. The second kappa shape index (κ2) is 7.79. The van der Waals surface area contributed by atoms with E-state index in [0.717, 1.165) is 41.1 Å². The van der Waals surface area contributed by atoms with E-state index in [2.05, 4.69) is 0 Å². The summed E-state index contributed by atoms with van der Waals surface area (Å²) in [4.78, 5) is 38.1. The van der Waals surface area contributed by atoms with Crippen molar-refractivity contribution in [2.24, 2.45) is 29.1 Å². The van der Waals surface area contributed by atoms with E-state index in [4.69, 9.17) is 4.74 Å². The highest BCUT2D eigenvalue weighted by Gasteiger charge is 2.51. The predicted octanol–water partition coefficient (Wildman–Crippen LogP) is 4.41. The van der Waals surface area contributed by atoms with Crippen LogP contribution in [0.2, 0.25) is 0 Å². The number of rotatable bonds is 6. The Bertz CT molecular complexity index is 1030. The van der Waals surface area contributed by atoms with Crippen LogP contribution in [0.3, 0.4) is 0 Å². The third-order valence-corrected chi connectivity index (χ3v) is 9.20. The lowest BCUT2D eigenvalue weighted by Crippen LogP contribution is -2.48. The van der Waals surface area contributed by atoms with Gasteiger partial charge in [0, 0.05) is 17.4 Å². The number of benzene rings is 1. The summed E-state index contributed by atoms with van der Waals surface area (Å²) in [5.41, 5.74) is 0.860. The van der Waals surface area contributed by atoms with Crippen LogP contribution >= 0.6 is 0 Å². The Morgan fingerprint density at radius 3 is 2.29 bits per heavy atom. The summed E-state index contributed by atoms with van der Waals surface area (Å²) in [5.74, 6) is -0.657. The Morgan fingerprint density at radius 1 is 1.12 bits per heavy atom. The minimum absolute atomic E-state index is 0.169. The minimum atomic E-state index is -1.27. The SMILES string of the molecule is CC1C(=O)CN(C(=O)c2cc(C3CC3)c(OCC34CC5CC(CC(C5)C3)C4)cc2F)[C@@H]1C(=O)O. The van der Waals surface area contributed by atoms with Crippen molar-refractivity contribution in [1.29, 1.82) is 0 Å².